The van der Waals surface area contributed by atoms with Crippen LogP contribution in [-0.2, 0) is 13.0 Å². The Morgan fingerprint density at radius 1 is 1.22 bits per heavy atom. The van der Waals surface area contributed by atoms with E-state index in [1.165, 1.54) is 22.2 Å². The molecule has 0 unspecified atom stereocenters. The maximum absolute atomic E-state index is 4.49. The number of imidazole rings is 1. The highest BCUT2D eigenvalue weighted by Crippen LogP contribution is 2.19. The first-order valence-corrected chi connectivity index (χ1v) is 7.11. The van der Waals surface area contributed by atoms with Crippen molar-refractivity contribution in [3.63, 3.8) is 0 Å². The third-order valence-corrected chi connectivity index (χ3v) is 4.19. The molecule has 3 rings (SSSR count). The lowest BCUT2D eigenvalue weighted by molar-refractivity contribution is 0.717. The minimum atomic E-state index is 0.996. The van der Waals surface area contributed by atoms with Crippen molar-refractivity contribution in [2.24, 2.45) is 0 Å². The average Bonchev–Trinajstić information content (AvgIpc) is 2.97. The fraction of sp³-hybridized carbons (Fsp3) is 0.267. The summed E-state index contributed by atoms with van der Waals surface area (Å²) in [6, 6.07) is 6.61. The smallest absolute Gasteiger partial charge is 0.0958 e. The summed E-state index contributed by atoms with van der Waals surface area (Å²) in [4.78, 5) is 4.49. The molecule has 0 spiro atoms. The van der Waals surface area contributed by atoms with Gasteiger partial charge in [0, 0.05) is 6.54 Å². The molecular formula is C15H16N2S. The molecule has 2 nitrogen and oxygen atoms in total. The molecule has 2 aromatic heterocycles. The second kappa shape index (κ2) is 4.58. The van der Waals surface area contributed by atoms with Gasteiger partial charge in [-0.15, -0.1) is 0 Å². The summed E-state index contributed by atoms with van der Waals surface area (Å²) in [6.07, 6.45) is 3.03. The van der Waals surface area contributed by atoms with Crippen molar-refractivity contribution >= 4 is 22.4 Å². The summed E-state index contributed by atoms with van der Waals surface area (Å²) in [5.41, 5.74) is 6.40. The lowest BCUT2D eigenvalue weighted by Gasteiger charge is -2.05. The quantitative estimate of drug-likeness (QED) is 0.693. The van der Waals surface area contributed by atoms with E-state index in [1.807, 2.05) is 6.33 Å². The Balaban J connectivity index is 1.90. The Hall–Kier alpha value is -1.61. The normalized spacial score (nSPS) is 11.2. The van der Waals surface area contributed by atoms with Crippen LogP contribution in [0, 0.1) is 13.8 Å². The van der Waals surface area contributed by atoms with Crippen LogP contribution >= 0.6 is 11.3 Å². The summed E-state index contributed by atoms with van der Waals surface area (Å²) < 4.78 is 2.25. The van der Waals surface area contributed by atoms with Gasteiger partial charge in [-0.1, -0.05) is 0 Å². The number of thiophene rings is 1. The Labute approximate surface area is 111 Å². The van der Waals surface area contributed by atoms with Gasteiger partial charge in [0.1, 0.15) is 0 Å². The standard InChI is InChI=1S/C15H16N2S/c1-11-7-14-15(8-12(11)2)17(10-16-14)5-3-13-4-6-18-9-13/h4,6-10H,3,5H2,1-2H3. The molecule has 0 aliphatic carbocycles. The van der Waals surface area contributed by atoms with E-state index in [4.69, 9.17) is 0 Å². The zero-order valence-electron chi connectivity index (χ0n) is 10.7. The third kappa shape index (κ3) is 2.06. The number of benzene rings is 1. The molecule has 3 heteroatoms. The zero-order valence-corrected chi connectivity index (χ0v) is 11.5. The lowest BCUT2D eigenvalue weighted by atomic mass is 10.1. The number of aromatic nitrogens is 2. The molecule has 18 heavy (non-hydrogen) atoms. The van der Waals surface area contributed by atoms with Crippen molar-refractivity contribution in [1.82, 2.24) is 9.55 Å². The van der Waals surface area contributed by atoms with E-state index >= 15 is 0 Å². The van der Waals surface area contributed by atoms with Gasteiger partial charge in [0.15, 0.2) is 0 Å². The molecular weight excluding hydrogens is 240 g/mol. The Morgan fingerprint density at radius 2 is 2.06 bits per heavy atom. The number of nitrogens with zero attached hydrogens (tertiary/aromatic N) is 2. The number of hydrogen-bond acceptors (Lipinski definition) is 2. The van der Waals surface area contributed by atoms with Crippen LogP contribution in [0.25, 0.3) is 11.0 Å². The van der Waals surface area contributed by atoms with Gasteiger partial charge in [0.05, 0.1) is 17.4 Å². The maximum atomic E-state index is 4.49. The molecule has 0 aliphatic heterocycles. The zero-order chi connectivity index (χ0) is 12.5. The minimum absolute atomic E-state index is 0.996. The minimum Gasteiger partial charge on any atom is -0.330 e. The van der Waals surface area contributed by atoms with Crippen molar-refractivity contribution in [3.8, 4) is 0 Å². The van der Waals surface area contributed by atoms with Crippen LogP contribution in [0.5, 0.6) is 0 Å². The highest BCUT2D eigenvalue weighted by Gasteiger charge is 2.05. The molecule has 0 bridgehead atoms. The summed E-state index contributed by atoms with van der Waals surface area (Å²) >= 11 is 1.76. The van der Waals surface area contributed by atoms with Crippen LogP contribution in [0.3, 0.4) is 0 Å². The predicted molar refractivity (Wildman–Crippen MR) is 77.2 cm³/mol. The van der Waals surface area contributed by atoms with Crippen molar-refractivity contribution in [3.05, 3.63) is 52.0 Å². The average molecular weight is 256 g/mol. The highest BCUT2D eigenvalue weighted by molar-refractivity contribution is 7.07. The number of rotatable bonds is 3. The summed E-state index contributed by atoms with van der Waals surface area (Å²) in [5, 5.41) is 4.35. The van der Waals surface area contributed by atoms with Crippen molar-refractivity contribution < 1.29 is 0 Å². The summed E-state index contributed by atoms with van der Waals surface area (Å²) in [6.45, 7) is 5.29. The van der Waals surface area contributed by atoms with Crippen molar-refractivity contribution in [1.29, 1.82) is 0 Å². The molecule has 0 aliphatic rings. The van der Waals surface area contributed by atoms with Gasteiger partial charge in [-0.2, -0.15) is 11.3 Å². The van der Waals surface area contributed by atoms with Gasteiger partial charge < -0.3 is 4.57 Å². The Bertz CT molecular complexity index is 665. The predicted octanol–water partition coefficient (Wildman–Crippen LogP) is 3.96. The Morgan fingerprint density at radius 3 is 2.83 bits per heavy atom. The molecule has 0 atom stereocenters. The second-order valence-electron chi connectivity index (χ2n) is 4.74. The monoisotopic (exact) mass is 256 g/mol. The largest absolute Gasteiger partial charge is 0.330 e. The van der Waals surface area contributed by atoms with E-state index in [0.717, 1.165) is 18.5 Å². The summed E-state index contributed by atoms with van der Waals surface area (Å²) in [7, 11) is 0. The topological polar surface area (TPSA) is 17.8 Å². The van der Waals surface area contributed by atoms with Gasteiger partial charge in [-0.3, -0.25) is 0 Å². The molecule has 0 saturated heterocycles. The molecule has 3 aromatic rings. The fourth-order valence-electron chi connectivity index (χ4n) is 2.18. The molecule has 0 N–H and O–H groups in total. The van der Waals surface area contributed by atoms with Crippen LogP contribution in [-0.4, -0.2) is 9.55 Å². The van der Waals surface area contributed by atoms with Crippen LogP contribution in [0.4, 0.5) is 0 Å². The van der Waals surface area contributed by atoms with E-state index in [2.05, 4.69) is 52.4 Å². The molecule has 1 aromatic carbocycles. The first kappa shape index (κ1) is 11.5. The van der Waals surface area contributed by atoms with Gasteiger partial charge in [0.2, 0.25) is 0 Å². The van der Waals surface area contributed by atoms with Crippen LogP contribution in [0.15, 0.2) is 35.3 Å². The molecule has 0 amide bonds. The van der Waals surface area contributed by atoms with Crippen molar-refractivity contribution in [2.45, 2.75) is 26.8 Å². The molecule has 0 saturated carbocycles. The van der Waals surface area contributed by atoms with Crippen molar-refractivity contribution in [2.75, 3.05) is 0 Å². The van der Waals surface area contributed by atoms with E-state index in [1.54, 1.807) is 11.3 Å². The lowest BCUT2D eigenvalue weighted by Crippen LogP contribution is -1.99. The van der Waals surface area contributed by atoms with E-state index in [0.29, 0.717) is 0 Å². The first-order chi connectivity index (χ1) is 8.74. The molecule has 92 valence electrons. The van der Waals surface area contributed by atoms with E-state index in [9.17, 15) is 0 Å². The van der Waals surface area contributed by atoms with Crippen LogP contribution in [0.1, 0.15) is 16.7 Å². The van der Waals surface area contributed by atoms with E-state index in [-0.39, 0.29) is 0 Å². The highest BCUT2D eigenvalue weighted by atomic mass is 32.1. The molecule has 0 radical (unpaired) electrons. The van der Waals surface area contributed by atoms with Crippen LogP contribution < -0.4 is 0 Å². The van der Waals surface area contributed by atoms with E-state index < -0.39 is 0 Å². The van der Waals surface area contributed by atoms with Gasteiger partial charge in [-0.25, -0.2) is 4.98 Å². The third-order valence-electron chi connectivity index (χ3n) is 3.46. The summed E-state index contributed by atoms with van der Waals surface area (Å²) in [5.74, 6) is 0. The molecule has 0 fully saturated rings. The number of aryl methyl sites for hydroxylation is 4. The van der Waals surface area contributed by atoms with Crippen LogP contribution in [0.2, 0.25) is 0 Å². The molecule has 2 heterocycles. The second-order valence-corrected chi connectivity index (χ2v) is 5.52. The maximum Gasteiger partial charge on any atom is 0.0958 e. The number of hydrogen-bond donors (Lipinski definition) is 0. The van der Waals surface area contributed by atoms with Gasteiger partial charge >= 0.3 is 0 Å². The fourth-order valence-corrected chi connectivity index (χ4v) is 2.88. The van der Waals surface area contributed by atoms with Gasteiger partial charge in [0.25, 0.3) is 0 Å². The number of fused-ring (bicyclic) bond motifs is 1. The Kier molecular flexibility index (Phi) is 2.92. The SMILES string of the molecule is Cc1cc2ncn(CCc3ccsc3)c2cc1C. The van der Waals surface area contributed by atoms with Gasteiger partial charge in [-0.05, 0) is 65.9 Å². The first-order valence-electron chi connectivity index (χ1n) is 6.17.